The van der Waals surface area contributed by atoms with Crippen molar-refractivity contribution in [2.75, 3.05) is 13.1 Å². The Morgan fingerprint density at radius 3 is 2.80 bits per heavy atom. The van der Waals surface area contributed by atoms with Crippen molar-refractivity contribution >= 4 is 6.08 Å². The van der Waals surface area contributed by atoms with E-state index in [9.17, 15) is 4.39 Å². The number of nitrogens with one attached hydrogen (secondary N) is 1. The summed E-state index contributed by atoms with van der Waals surface area (Å²) in [6.07, 6.45) is 3.04. The zero-order valence-electron chi connectivity index (χ0n) is 9.39. The molecule has 0 unspecified atom stereocenters. The van der Waals surface area contributed by atoms with Gasteiger partial charge in [-0.15, -0.1) is 0 Å². The molecule has 1 N–H and O–H groups in total. The van der Waals surface area contributed by atoms with Crippen molar-refractivity contribution in [3.05, 3.63) is 41.2 Å². The van der Waals surface area contributed by atoms with Crippen LogP contribution in [0.3, 0.4) is 0 Å². The van der Waals surface area contributed by atoms with Gasteiger partial charge >= 0.3 is 0 Å². The average Bonchev–Trinajstić information content (AvgIpc) is 2.24. The quantitative estimate of drug-likeness (QED) is 0.781. The van der Waals surface area contributed by atoms with Gasteiger partial charge in [-0.1, -0.05) is 37.6 Å². The van der Waals surface area contributed by atoms with Gasteiger partial charge in [-0.25, -0.2) is 4.39 Å². The van der Waals surface area contributed by atoms with E-state index in [2.05, 4.69) is 19.2 Å². The Morgan fingerprint density at radius 2 is 2.20 bits per heavy atom. The van der Waals surface area contributed by atoms with Crippen LogP contribution >= 0.6 is 0 Å². The van der Waals surface area contributed by atoms with Crippen LogP contribution in [-0.4, -0.2) is 13.1 Å². The van der Waals surface area contributed by atoms with Crippen molar-refractivity contribution in [2.24, 2.45) is 0 Å². The lowest BCUT2D eigenvalue weighted by Crippen LogP contribution is -2.15. The zero-order chi connectivity index (χ0) is 11.1. The smallest absolute Gasteiger partial charge is 0.123 e. The standard InChI is InChI=1S/C13H18FN/c1-3-11(10-15-4-2)8-12-6-5-7-13(14)9-12/h5-9,15H,3-4,10H2,1-2H3. The molecule has 0 fully saturated rings. The third kappa shape index (κ3) is 4.26. The summed E-state index contributed by atoms with van der Waals surface area (Å²) in [5, 5.41) is 3.27. The van der Waals surface area contributed by atoms with E-state index in [0.29, 0.717) is 0 Å². The van der Waals surface area contributed by atoms with Crippen LogP contribution in [0.4, 0.5) is 4.39 Å². The summed E-state index contributed by atoms with van der Waals surface area (Å²) in [5.74, 6) is -0.178. The molecule has 0 aliphatic carbocycles. The Hall–Kier alpha value is -1.15. The van der Waals surface area contributed by atoms with Gasteiger partial charge in [0, 0.05) is 6.54 Å². The lowest BCUT2D eigenvalue weighted by Gasteiger charge is -2.05. The molecule has 0 radical (unpaired) electrons. The third-order valence-corrected chi connectivity index (χ3v) is 2.28. The van der Waals surface area contributed by atoms with Crippen LogP contribution in [0.1, 0.15) is 25.8 Å². The maximum Gasteiger partial charge on any atom is 0.123 e. The maximum absolute atomic E-state index is 12.9. The largest absolute Gasteiger partial charge is 0.313 e. The minimum atomic E-state index is -0.178. The van der Waals surface area contributed by atoms with Gasteiger partial charge in [-0.05, 0) is 30.7 Å². The molecule has 82 valence electrons. The monoisotopic (exact) mass is 207 g/mol. The van der Waals surface area contributed by atoms with Gasteiger partial charge < -0.3 is 5.32 Å². The predicted octanol–water partition coefficient (Wildman–Crippen LogP) is 3.23. The summed E-state index contributed by atoms with van der Waals surface area (Å²) in [6.45, 7) is 6.03. The summed E-state index contributed by atoms with van der Waals surface area (Å²) >= 11 is 0. The molecule has 0 aromatic heterocycles. The fourth-order valence-corrected chi connectivity index (χ4v) is 1.40. The van der Waals surface area contributed by atoms with Crippen LogP contribution in [0.2, 0.25) is 0 Å². The molecule has 15 heavy (non-hydrogen) atoms. The molecule has 0 amide bonds. The molecule has 0 atom stereocenters. The van der Waals surface area contributed by atoms with Gasteiger partial charge in [0.2, 0.25) is 0 Å². The highest BCUT2D eigenvalue weighted by atomic mass is 19.1. The Bertz CT molecular complexity index is 331. The predicted molar refractivity (Wildman–Crippen MR) is 63.2 cm³/mol. The summed E-state index contributed by atoms with van der Waals surface area (Å²) in [6, 6.07) is 6.68. The molecule has 1 aromatic carbocycles. The molecule has 1 aromatic rings. The molecule has 2 heteroatoms. The topological polar surface area (TPSA) is 12.0 Å². The molecule has 0 saturated heterocycles. The number of benzene rings is 1. The van der Waals surface area contributed by atoms with Gasteiger partial charge in [-0.3, -0.25) is 0 Å². The second kappa shape index (κ2) is 6.36. The molecule has 0 aliphatic rings. The first-order valence-corrected chi connectivity index (χ1v) is 5.42. The van der Waals surface area contributed by atoms with E-state index in [-0.39, 0.29) is 5.82 Å². The van der Waals surface area contributed by atoms with Crippen molar-refractivity contribution in [3.63, 3.8) is 0 Å². The Labute approximate surface area is 91.0 Å². The van der Waals surface area contributed by atoms with Crippen LogP contribution < -0.4 is 5.32 Å². The molecular weight excluding hydrogens is 189 g/mol. The van der Waals surface area contributed by atoms with Crippen LogP contribution in [0, 0.1) is 5.82 Å². The zero-order valence-corrected chi connectivity index (χ0v) is 9.39. The van der Waals surface area contributed by atoms with E-state index < -0.39 is 0 Å². The van der Waals surface area contributed by atoms with E-state index >= 15 is 0 Å². The van der Waals surface area contributed by atoms with Crippen molar-refractivity contribution in [3.8, 4) is 0 Å². The molecule has 0 spiro atoms. The molecule has 1 rings (SSSR count). The second-order valence-electron chi connectivity index (χ2n) is 3.49. The van der Waals surface area contributed by atoms with Gasteiger partial charge in [0.1, 0.15) is 5.82 Å². The highest BCUT2D eigenvalue weighted by Crippen LogP contribution is 2.10. The lowest BCUT2D eigenvalue weighted by atomic mass is 10.1. The first-order chi connectivity index (χ1) is 7.26. The van der Waals surface area contributed by atoms with Crippen LogP contribution in [-0.2, 0) is 0 Å². The van der Waals surface area contributed by atoms with Crippen molar-refractivity contribution in [2.45, 2.75) is 20.3 Å². The van der Waals surface area contributed by atoms with Crippen LogP contribution in [0.15, 0.2) is 29.8 Å². The third-order valence-electron chi connectivity index (χ3n) is 2.28. The summed E-state index contributed by atoms with van der Waals surface area (Å²) < 4.78 is 12.9. The minimum absolute atomic E-state index is 0.178. The first-order valence-electron chi connectivity index (χ1n) is 5.42. The number of hydrogen-bond acceptors (Lipinski definition) is 1. The van der Waals surface area contributed by atoms with Crippen LogP contribution in [0.5, 0.6) is 0 Å². The summed E-state index contributed by atoms with van der Waals surface area (Å²) in [5.41, 5.74) is 2.23. The van der Waals surface area contributed by atoms with E-state index in [1.54, 1.807) is 12.1 Å². The number of rotatable bonds is 5. The van der Waals surface area contributed by atoms with Gasteiger partial charge in [0.25, 0.3) is 0 Å². The van der Waals surface area contributed by atoms with E-state index in [0.717, 1.165) is 25.1 Å². The summed E-state index contributed by atoms with van der Waals surface area (Å²) in [7, 11) is 0. The fraction of sp³-hybridized carbons (Fsp3) is 0.385. The molecule has 0 aliphatic heterocycles. The summed E-state index contributed by atoms with van der Waals surface area (Å²) in [4.78, 5) is 0. The average molecular weight is 207 g/mol. The fourth-order valence-electron chi connectivity index (χ4n) is 1.40. The molecule has 0 heterocycles. The van der Waals surface area contributed by atoms with Gasteiger partial charge in [0.15, 0.2) is 0 Å². The lowest BCUT2D eigenvalue weighted by molar-refractivity contribution is 0.627. The van der Waals surface area contributed by atoms with E-state index in [1.165, 1.54) is 11.6 Å². The number of halogens is 1. The maximum atomic E-state index is 12.9. The number of hydrogen-bond donors (Lipinski definition) is 1. The van der Waals surface area contributed by atoms with Gasteiger partial charge in [-0.2, -0.15) is 0 Å². The van der Waals surface area contributed by atoms with Crippen LogP contribution in [0.25, 0.3) is 6.08 Å². The SMILES string of the molecule is CCNCC(=Cc1cccc(F)c1)CC. The molecule has 0 bridgehead atoms. The molecular formula is C13H18FN. The van der Waals surface area contributed by atoms with Crippen molar-refractivity contribution in [1.82, 2.24) is 5.32 Å². The van der Waals surface area contributed by atoms with E-state index in [1.807, 2.05) is 12.1 Å². The Morgan fingerprint density at radius 1 is 1.40 bits per heavy atom. The highest BCUT2D eigenvalue weighted by molar-refractivity contribution is 5.53. The Balaban J connectivity index is 2.74. The normalized spacial score (nSPS) is 11.8. The van der Waals surface area contributed by atoms with Gasteiger partial charge in [0.05, 0.1) is 0 Å². The van der Waals surface area contributed by atoms with E-state index in [4.69, 9.17) is 0 Å². The molecule has 0 saturated carbocycles. The number of likely N-dealkylation sites (N-methyl/N-ethyl adjacent to an activating group) is 1. The highest BCUT2D eigenvalue weighted by Gasteiger charge is 1.96. The Kier molecular flexibility index (Phi) is 5.05. The van der Waals surface area contributed by atoms with Crippen molar-refractivity contribution in [1.29, 1.82) is 0 Å². The first kappa shape index (κ1) is 11.9. The minimum Gasteiger partial charge on any atom is -0.313 e. The van der Waals surface area contributed by atoms with Crippen molar-refractivity contribution < 1.29 is 4.39 Å². The second-order valence-corrected chi connectivity index (χ2v) is 3.49. The molecule has 1 nitrogen and oxygen atoms in total.